The molecule has 2 aromatic carbocycles. The third-order valence-corrected chi connectivity index (χ3v) is 7.37. The van der Waals surface area contributed by atoms with Crippen molar-refractivity contribution in [1.82, 2.24) is 4.90 Å². The second kappa shape index (κ2) is 10.2. The molecule has 4 rings (SSSR count). The molecule has 0 atom stereocenters. The fraction of sp³-hybridized carbons (Fsp3) is 0.333. The van der Waals surface area contributed by atoms with Crippen LogP contribution in [0.25, 0.3) is 6.08 Å². The average molecular weight is 492 g/mol. The Bertz CT molecular complexity index is 1050. The van der Waals surface area contributed by atoms with Crippen molar-refractivity contribution in [3.8, 4) is 11.5 Å². The molecule has 1 amide bonds. The number of halogens is 2. The van der Waals surface area contributed by atoms with Crippen LogP contribution in [0.3, 0.4) is 0 Å². The molecular weight excluding hydrogens is 469 g/mol. The van der Waals surface area contributed by atoms with E-state index in [1.54, 1.807) is 29.2 Å². The first-order valence-corrected chi connectivity index (χ1v) is 12.1. The quantitative estimate of drug-likeness (QED) is 0.336. The predicted molar refractivity (Wildman–Crippen MR) is 131 cm³/mol. The maximum atomic E-state index is 14.0. The third-order valence-electron chi connectivity index (χ3n) is 5.68. The van der Waals surface area contributed by atoms with Gasteiger partial charge in [-0.3, -0.25) is 9.69 Å². The lowest BCUT2D eigenvalue weighted by atomic mass is 9.94. The molecule has 2 aromatic rings. The molecule has 8 heteroatoms. The number of thiocarbonyl (C=S) groups is 1. The van der Waals surface area contributed by atoms with Crippen LogP contribution >= 0.6 is 35.6 Å². The smallest absolute Gasteiger partial charge is 0.266 e. The molecule has 1 aliphatic heterocycles. The highest BCUT2D eigenvalue weighted by Gasteiger charge is 2.37. The Labute approximate surface area is 201 Å². The number of amides is 1. The highest BCUT2D eigenvalue weighted by molar-refractivity contribution is 8.26. The van der Waals surface area contributed by atoms with E-state index in [4.69, 9.17) is 33.3 Å². The van der Waals surface area contributed by atoms with Gasteiger partial charge < -0.3 is 9.47 Å². The second-order valence-electron chi connectivity index (χ2n) is 7.74. The van der Waals surface area contributed by atoms with Crippen molar-refractivity contribution in [2.24, 2.45) is 0 Å². The van der Waals surface area contributed by atoms with Crippen molar-refractivity contribution in [1.29, 1.82) is 0 Å². The summed E-state index contributed by atoms with van der Waals surface area (Å²) in [6.45, 7) is -0.0265. The number of nitrogens with zero attached hydrogens (tertiary/aromatic N) is 1. The SMILES string of the molecule is COc1cc(/C=C2/SC(=S)N(C3CCCCC3)C2=O)ccc1OCc1c(F)cccc1Cl. The van der Waals surface area contributed by atoms with E-state index >= 15 is 0 Å². The van der Waals surface area contributed by atoms with Gasteiger partial charge in [-0.2, -0.15) is 0 Å². The minimum absolute atomic E-state index is 0.0265. The molecule has 1 heterocycles. The van der Waals surface area contributed by atoms with Gasteiger partial charge in [0.2, 0.25) is 0 Å². The van der Waals surface area contributed by atoms with Crippen molar-refractivity contribution in [3.63, 3.8) is 0 Å². The molecule has 0 radical (unpaired) electrons. The van der Waals surface area contributed by atoms with E-state index < -0.39 is 5.82 Å². The number of hydrogen-bond acceptors (Lipinski definition) is 5. The Hall–Kier alpha value is -2.09. The lowest BCUT2D eigenvalue weighted by molar-refractivity contribution is -0.124. The van der Waals surface area contributed by atoms with E-state index in [1.807, 2.05) is 12.1 Å². The average Bonchev–Trinajstić information content (AvgIpc) is 3.07. The Kier molecular flexibility index (Phi) is 7.38. The Morgan fingerprint density at radius 1 is 1.22 bits per heavy atom. The summed E-state index contributed by atoms with van der Waals surface area (Å²) in [6, 6.07) is 10.1. The number of benzene rings is 2. The van der Waals surface area contributed by atoms with Gasteiger partial charge in [0.15, 0.2) is 11.5 Å². The lowest BCUT2D eigenvalue weighted by Crippen LogP contribution is -2.39. The van der Waals surface area contributed by atoms with E-state index in [0.29, 0.717) is 25.7 Å². The van der Waals surface area contributed by atoms with Gasteiger partial charge in [-0.05, 0) is 48.7 Å². The molecule has 4 nitrogen and oxygen atoms in total. The van der Waals surface area contributed by atoms with E-state index in [9.17, 15) is 9.18 Å². The summed E-state index contributed by atoms with van der Waals surface area (Å²) in [5, 5.41) is 0.306. The lowest BCUT2D eigenvalue weighted by Gasteiger charge is -2.29. The number of carbonyl (C=O) groups excluding carboxylic acids is 1. The van der Waals surface area contributed by atoms with Gasteiger partial charge in [-0.15, -0.1) is 0 Å². The summed E-state index contributed by atoms with van der Waals surface area (Å²) in [7, 11) is 1.53. The zero-order valence-electron chi connectivity index (χ0n) is 17.6. The van der Waals surface area contributed by atoms with Crippen molar-refractivity contribution in [2.75, 3.05) is 7.11 Å². The van der Waals surface area contributed by atoms with Gasteiger partial charge in [0.25, 0.3) is 5.91 Å². The molecule has 0 N–H and O–H groups in total. The summed E-state index contributed by atoms with van der Waals surface area (Å²) in [4.78, 5) is 15.4. The first kappa shape index (κ1) is 23.1. The Balaban J connectivity index is 1.50. The fourth-order valence-electron chi connectivity index (χ4n) is 4.00. The number of carbonyl (C=O) groups is 1. The van der Waals surface area contributed by atoms with E-state index in [0.717, 1.165) is 31.2 Å². The molecule has 1 aliphatic carbocycles. The largest absolute Gasteiger partial charge is 0.493 e. The van der Waals surface area contributed by atoms with Gasteiger partial charge in [-0.1, -0.05) is 67.0 Å². The zero-order chi connectivity index (χ0) is 22.7. The minimum Gasteiger partial charge on any atom is -0.493 e. The van der Waals surface area contributed by atoms with Crippen LogP contribution in [-0.4, -0.2) is 28.3 Å². The maximum Gasteiger partial charge on any atom is 0.266 e. The van der Waals surface area contributed by atoms with Crippen LogP contribution in [0.1, 0.15) is 43.2 Å². The van der Waals surface area contributed by atoms with Gasteiger partial charge in [0, 0.05) is 11.6 Å². The molecule has 2 fully saturated rings. The van der Waals surface area contributed by atoms with Crippen LogP contribution in [-0.2, 0) is 11.4 Å². The Morgan fingerprint density at radius 2 is 2.00 bits per heavy atom. The van der Waals surface area contributed by atoms with Crippen LogP contribution in [0.5, 0.6) is 11.5 Å². The van der Waals surface area contributed by atoms with Crippen LogP contribution in [0.2, 0.25) is 5.02 Å². The van der Waals surface area contributed by atoms with Crippen molar-refractivity contribution in [2.45, 2.75) is 44.8 Å². The summed E-state index contributed by atoms with van der Waals surface area (Å²) in [5.41, 5.74) is 1.08. The van der Waals surface area contributed by atoms with E-state index in [2.05, 4.69) is 0 Å². The molecule has 0 unspecified atom stereocenters. The summed E-state index contributed by atoms with van der Waals surface area (Å²) >= 11 is 12.9. The summed E-state index contributed by atoms with van der Waals surface area (Å²) in [6.07, 6.45) is 7.33. The van der Waals surface area contributed by atoms with Crippen molar-refractivity contribution in [3.05, 3.63) is 63.3 Å². The van der Waals surface area contributed by atoms with Crippen LogP contribution in [0.4, 0.5) is 4.39 Å². The van der Waals surface area contributed by atoms with Gasteiger partial charge in [0.05, 0.1) is 17.0 Å². The first-order chi connectivity index (χ1) is 15.5. The minimum atomic E-state index is -0.423. The Morgan fingerprint density at radius 3 is 2.72 bits per heavy atom. The van der Waals surface area contributed by atoms with E-state index in [-0.39, 0.29) is 24.1 Å². The number of methoxy groups -OCH3 is 1. The molecule has 168 valence electrons. The highest BCUT2D eigenvalue weighted by atomic mass is 35.5. The summed E-state index contributed by atoms with van der Waals surface area (Å²) in [5.74, 6) is 0.487. The predicted octanol–water partition coefficient (Wildman–Crippen LogP) is 6.60. The molecule has 0 aromatic heterocycles. The molecular formula is C24H23ClFNO3S2. The topological polar surface area (TPSA) is 38.8 Å². The van der Waals surface area contributed by atoms with Gasteiger partial charge >= 0.3 is 0 Å². The van der Waals surface area contributed by atoms with Crippen LogP contribution < -0.4 is 9.47 Å². The molecule has 2 aliphatic rings. The van der Waals surface area contributed by atoms with Crippen LogP contribution in [0, 0.1) is 5.82 Å². The number of hydrogen-bond donors (Lipinski definition) is 0. The zero-order valence-corrected chi connectivity index (χ0v) is 20.0. The second-order valence-corrected chi connectivity index (χ2v) is 9.83. The number of thioether (sulfide) groups is 1. The third kappa shape index (κ3) is 4.95. The number of ether oxygens (including phenoxy) is 2. The van der Waals surface area contributed by atoms with Gasteiger partial charge in [-0.25, -0.2) is 4.39 Å². The standard InChI is InChI=1S/C24H23ClFNO3S2/c1-29-21-12-15(10-11-20(21)30-14-17-18(25)8-5-9-19(17)26)13-22-23(28)27(24(31)32-22)16-6-3-2-4-7-16/h5,8-13,16H,2-4,6-7,14H2,1H3/b22-13+. The molecule has 1 saturated heterocycles. The van der Waals surface area contributed by atoms with E-state index in [1.165, 1.54) is 31.4 Å². The highest BCUT2D eigenvalue weighted by Crippen LogP contribution is 2.38. The monoisotopic (exact) mass is 491 g/mol. The number of rotatable bonds is 6. The molecule has 1 saturated carbocycles. The first-order valence-electron chi connectivity index (χ1n) is 10.5. The van der Waals surface area contributed by atoms with Crippen molar-refractivity contribution < 1.29 is 18.7 Å². The molecule has 0 bridgehead atoms. The fourth-order valence-corrected chi connectivity index (χ4v) is 5.62. The molecule has 32 heavy (non-hydrogen) atoms. The normalized spacial score (nSPS) is 18.5. The van der Waals surface area contributed by atoms with Gasteiger partial charge in [0.1, 0.15) is 16.7 Å². The maximum absolute atomic E-state index is 14.0. The van der Waals surface area contributed by atoms with Crippen LogP contribution in [0.15, 0.2) is 41.3 Å². The summed E-state index contributed by atoms with van der Waals surface area (Å²) < 4.78 is 25.9. The van der Waals surface area contributed by atoms with Crippen molar-refractivity contribution >= 4 is 51.9 Å². The molecule has 0 spiro atoms.